The zero-order valence-electron chi connectivity index (χ0n) is 17.7. The highest BCUT2D eigenvalue weighted by molar-refractivity contribution is 5.87. The van der Waals surface area contributed by atoms with Gasteiger partial charge >= 0.3 is 0 Å². The van der Waals surface area contributed by atoms with Gasteiger partial charge in [0.2, 0.25) is 5.75 Å². The van der Waals surface area contributed by atoms with Crippen LogP contribution in [-0.2, 0) is 0 Å². The maximum Gasteiger partial charge on any atom is 0.204 e. The van der Waals surface area contributed by atoms with Crippen molar-refractivity contribution in [2.24, 2.45) is 0 Å². The molecule has 0 aliphatic carbocycles. The Morgan fingerprint density at radius 2 is 0.800 bits per heavy atom. The lowest BCUT2D eigenvalue weighted by molar-refractivity contribution is 0.317. The molecule has 3 aromatic carbocycles. The Kier molecular flexibility index (Phi) is 7.17. The molecule has 4 heteroatoms. The third-order valence-electron chi connectivity index (χ3n) is 4.69. The summed E-state index contributed by atoms with van der Waals surface area (Å²) in [5, 5.41) is 0. The van der Waals surface area contributed by atoms with Crippen molar-refractivity contribution in [2.45, 2.75) is 0 Å². The van der Waals surface area contributed by atoms with Crippen molar-refractivity contribution in [3.05, 3.63) is 82.9 Å². The minimum absolute atomic E-state index is 0.515. The van der Waals surface area contributed by atoms with Crippen LogP contribution in [0.15, 0.2) is 60.7 Å². The SMILES string of the molecule is COc1c(/C=C/c2ccccc2)c(OC)c(OC)c(OC)c1/C=C/c1ccccc1. The topological polar surface area (TPSA) is 36.9 Å². The molecule has 154 valence electrons. The van der Waals surface area contributed by atoms with Gasteiger partial charge in [-0.3, -0.25) is 0 Å². The van der Waals surface area contributed by atoms with Crippen molar-refractivity contribution in [3.8, 4) is 23.0 Å². The minimum Gasteiger partial charge on any atom is -0.495 e. The summed E-state index contributed by atoms with van der Waals surface area (Å²) in [5.41, 5.74) is 3.68. The first kappa shape index (κ1) is 21.1. The van der Waals surface area contributed by atoms with Gasteiger partial charge in [-0.15, -0.1) is 0 Å². The number of ether oxygens (including phenoxy) is 4. The zero-order chi connectivity index (χ0) is 21.3. The largest absolute Gasteiger partial charge is 0.495 e. The lowest BCUT2D eigenvalue weighted by Gasteiger charge is -2.20. The fourth-order valence-corrected chi connectivity index (χ4v) is 3.30. The number of hydrogen-bond donors (Lipinski definition) is 0. The smallest absolute Gasteiger partial charge is 0.204 e. The fraction of sp³-hybridized carbons (Fsp3) is 0.154. The van der Waals surface area contributed by atoms with Crippen LogP contribution in [-0.4, -0.2) is 28.4 Å². The molecule has 0 aliphatic heterocycles. The van der Waals surface area contributed by atoms with Crippen LogP contribution in [0.3, 0.4) is 0 Å². The Morgan fingerprint density at radius 1 is 0.433 bits per heavy atom. The molecule has 0 atom stereocenters. The van der Waals surface area contributed by atoms with E-state index in [1.807, 2.05) is 85.0 Å². The molecular weight excluding hydrogens is 376 g/mol. The predicted octanol–water partition coefficient (Wildman–Crippen LogP) is 6.06. The molecule has 0 N–H and O–H groups in total. The molecule has 0 aliphatic rings. The molecule has 0 bridgehead atoms. The Morgan fingerprint density at radius 3 is 1.13 bits per heavy atom. The third-order valence-corrected chi connectivity index (χ3v) is 4.69. The van der Waals surface area contributed by atoms with Crippen molar-refractivity contribution >= 4 is 24.3 Å². The van der Waals surface area contributed by atoms with E-state index in [9.17, 15) is 0 Å². The summed E-state index contributed by atoms with van der Waals surface area (Å²) >= 11 is 0. The number of hydrogen-bond acceptors (Lipinski definition) is 4. The van der Waals surface area contributed by atoms with Gasteiger partial charge in [-0.1, -0.05) is 72.8 Å². The number of methoxy groups -OCH3 is 4. The number of benzene rings is 3. The van der Waals surface area contributed by atoms with Crippen LogP contribution in [0.5, 0.6) is 23.0 Å². The van der Waals surface area contributed by atoms with E-state index in [1.54, 1.807) is 28.4 Å². The summed E-state index contributed by atoms with van der Waals surface area (Å²) in [7, 11) is 6.45. The maximum absolute atomic E-state index is 5.82. The van der Waals surface area contributed by atoms with E-state index in [-0.39, 0.29) is 0 Å². The molecule has 0 radical (unpaired) electrons. The van der Waals surface area contributed by atoms with E-state index in [0.717, 1.165) is 22.3 Å². The van der Waals surface area contributed by atoms with Crippen LogP contribution >= 0.6 is 0 Å². The van der Waals surface area contributed by atoms with Crippen LogP contribution in [0.4, 0.5) is 0 Å². The van der Waals surface area contributed by atoms with Gasteiger partial charge in [0.15, 0.2) is 11.5 Å². The lowest BCUT2D eigenvalue weighted by Crippen LogP contribution is -2.02. The first-order valence-electron chi connectivity index (χ1n) is 9.59. The van der Waals surface area contributed by atoms with Crippen LogP contribution in [0, 0.1) is 0 Å². The van der Waals surface area contributed by atoms with Gasteiger partial charge in [0, 0.05) is 0 Å². The molecule has 3 aromatic rings. The average Bonchev–Trinajstić information content (AvgIpc) is 2.81. The molecule has 30 heavy (non-hydrogen) atoms. The monoisotopic (exact) mass is 402 g/mol. The second-order valence-corrected chi connectivity index (χ2v) is 6.45. The van der Waals surface area contributed by atoms with Crippen molar-refractivity contribution in [2.75, 3.05) is 28.4 Å². The average molecular weight is 402 g/mol. The van der Waals surface area contributed by atoms with E-state index in [0.29, 0.717) is 23.0 Å². The van der Waals surface area contributed by atoms with Gasteiger partial charge in [-0.05, 0) is 23.3 Å². The molecule has 3 rings (SSSR count). The maximum atomic E-state index is 5.82. The second-order valence-electron chi connectivity index (χ2n) is 6.45. The molecule has 0 spiro atoms. The summed E-state index contributed by atoms with van der Waals surface area (Å²) in [6.07, 6.45) is 7.96. The van der Waals surface area contributed by atoms with Crippen molar-refractivity contribution in [3.63, 3.8) is 0 Å². The van der Waals surface area contributed by atoms with Crippen LogP contribution in [0.25, 0.3) is 24.3 Å². The van der Waals surface area contributed by atoms with E-state index < -0.39 is 0 Å². The van der Waals surface area contributed by atoms with E-state index in [2.05, 4.69) is 0 Å². The molecule has 0 amide bonds. The summed E-state index contributed by atoms with van der Waals surface area (Å²) in [5.74, 6) is 2.26. The minimum atomic E-state index is 0.515. The van der Waals surface area contributed by atoms with Gasteiger partial charge < -0.3 is 18.9 Å². The molecule has 4 nitrogen and oxygen atoms in total. The molecule has 0 heterocycles. The molecular formula is C26H26O4. The van der Waals surface area contributed by atoms with Crippen LogP contribution < -0.4 is 18.9 Å². The summed E-state index contributed by atoms with van der Waals surface area (Å²) in [6, 6.07) is 20.1. The van der Waals surface area contributed by atoms with E-state index >= 15 is 0 Å². The standard InChI is InChI=1S/C26H26O4/c1-27-23-21(17-15-19-11-7-5-8-12-19)24(28-2)26(30-4)25(29-3)22(23)18-16-20-13-9-6-10-14-20/h5-18H,1-4H3/b17-15+,18-16+. The normalized spacial score (nSPS) is 11.1. The molecule has 0 fully saturated rings. The Hall–Kier alpha value is -3.66. The highest BCUT2D eigenvalue weighted by Gasteiger charge is 2.25. The van der Waals surface area contributed by atoms with Crippen LogP contribution in [0.2, 0.25) is 0 Å². The second kappa shape index (κ2) is 10.2. The van der Waals surface area contributed by atoms with Gasteiger partial charge in [0.25, 0.3) is 0 Å². The molecule has 0 saturated carbocycles. The fourth-order valence-electron chi connectivity index (χ4n) is 3.30. The quantitative estimate of drug-likeness (QED) is 0.429. The van der Waals surface area contributed by atoms with Crippen LogP contribution in [0.1, 0.15) is 22.3 Å². The highest BCUT2D eigenvalue weighted by atomic mass is 16.5. The van der Waals surface area contributed by atoms with Crippen molar-refractivity contribution < 1.29 is 18.9 Å². The summed E-state index contributed by atoms with van der Waals surface area (Å²) in [4.78, 5) is 0. The summed E-state index contributed by atoms with van der Waals surface area (Å²) < 4.78 is 22.9. The zero-order valence-corrected chi connectivity index (χ0v) is 17.7. The van der Waals surface area contributed by atoms with E-state index in [4.69, 9.17) is 18.9 Å². The first-order valence-corrected chi connectivity index (χ1v) is 9.59. The molecule has 0 aromatic heterocycles. The Labute approximate surface area is 178 Å². The molecule has 0 unspecified atom stereocenters. The summed E-state index contributed by atoms with van der Waals surface area (Å²) in [6.45, 7) is 0. The lowest BCUT2D eigenvalue weighted by atomic mass is 10.0. The first-order chi connectivity index (χ1) is 14.7. The number of rotatable bonds is 8. The Balaban J connectivity index is 2.22. The van der Waals surface area contributed by atoms with Gasteiger partial charge in [0.1, 0.15) is 5.75 Å². The van der Waals surface area contributed by atoms with Crippen molar-refractivity contribution in [1.82, 2.24) is 0 Å². The Bertz CT molecular complexity index is 943. The highest BCUT2D eigenvalue weighted by Crippen LogP contribution is 2.50. The molecule has 0 saturated heterocycles. The third kappa shape index (κ3) is 4.49. The van der Waals surface area contributed by atoms with E-state index in [1.165, 1.54) is 0 Å². The van der Waals surface area contributed by atoms with Gasteiger partial charge in [-0.2, -0.15) is 0 Å². The van der Waals surface area contributed by atoms with Crippen molar-refractivity contribution in [1.29, 1.82) is 0 Å². The van der Waals surface area contributed by atoms with Gasteiger partial charge in [0.05, 0.1) is 39.6 Å². The predicted molar refractivity (Wildman–Crippen MR) is 123 cm³/mol. The van der Waals surface area contributed by atoms with Gasteiger partial charge in [-0.25, -0.2) is 0 Å².